The van der Waals surface area contributed by atoms with E-state index >= 15 is 0 Å². The van der Waals surface area contributed by atoms with E-state index in [1.54, 1.807) is 12.4 Å². The van der Waals surface area contributed by atoms with Crippen molar-refractivity contribution >= 4 is 12.1 Å². The number of pyridine rings is 2. The Kier molecular flexibility index (Phi) is 16.4. The second kappa shape index (κ2) is 18.9. The van der Waals surface area contributed by atoms with Gasteiger partial charge in [0.15, 0.2) is 5.82 Å². The molecule has 0 saturated carbocycles. The van der Waals surface area contributed by atoms with Gasteiger partial charge in [-0.3, -0.25) is 9.78 Å². The number of amides is 1. The predicted molar refractivity (Wildman–Crippen MR) is 153 cm³/mol. The molecule has 8 nitrogen and oxygen atoms in total. The third-order valence-corrected chi connectivity index (χ3v) is 6.00. The van der Waals surface area contributed by atoms with Crippen LogP contribution in [0.5, 0.6) is 0 Å². The molecule has 0 aliphatic rings. The van der Waals surface area contributed by atoms with Gasteiger partial charge in [0.05, 0.1) is 30.3 Å². The average molecular weight is 565 g/mol. The first-order valence-electron chi connectivity index (χ1n) is 13.7. The molecule has 0 aliphatic heterocycles. The summed E-state index contributed by atoms with van der Waals surface area (Å²) in [5.74, 6) is 0.854. The molecule has 3 aromatic heterocycles. The van der Waals surface area contributed by atoms with Gasteiger partial charge < -0.3 is 15.4 Å². The highest BCUT2D eigenvalue weighted by Crippen LogP contribution is 2.29. The van der Waals surface area contributed by atoms with E-state index in [2.05, 4.69) is 32.6 Å². The molecule has 0 unspecified atom stereocenters. The third-order valence-electron chi connectivity index (χ3n) is 6.00. The van der Waals surface area contributed by atoms with E-state index in [4.69, 9.17) is 4.74 Å². The maximum Gasteiger partial charge on any atom is 0.417 e. The van der Waals surface area contributed by atoms with Gasteiger partial charge in [0, 0.05) is 36.7 Å². The summed E-state index contributed by atoms with van der Waals surface area (Å²) >= 11 is 0. The monoisotopic (exact) mass is 564 g/mol. The number of aromatic nitrogens is 4. The van der Waals surface area contributed by atoms with Gasteiger partial charge in [0.2, 0.25) is 6.41 Å². The predicted octanol–water partition coefficient (Wildman–Crippen LogP) is 6.48. The highest BCUT2D eigenvalue weighted by molar-refractivity contribution is 5.70. The Morgan fingerprint density at radius 1 is 1.02 bits per heavy atom. The number of alkyl halides is 3. The minimum absolute atomic E-state index is 0.378. The lowest BCUT2D eigenvalue weighted by Crippen LogP contribution is -2.21. The molecular weight excluding hydrogens is 521 g/mol. The topological polar surface area (TPSA) is 94.0 Å². The van der Waals surface area contributed by atoms with Crippen LogP contribution in [0.15, 0.2) is 42.9 Å². The number of nitrogens with one attached hydrogen (secondary N) is 2. The molecule has 3 rings (SSSR count). The van der Waals surface area contributed by atoms with Gasteiger partial charge in [0.1, 0.15) is 0 Å². The summed E-state index contributed by atoms with van der Waals surface area (Å²) in [4.78, 5) is 18.6. The number of hydrogen-bond donors (Lipinski definition) is 2. The van der Waals surface area contributed by atoms with Crippen molar-refractivity contribution in [3.05, 3.63) is 65.4 Å². The van der Waals surface area contributed by atoms with Crippen LogP contribution in [0.2, 0.25) is 0 Å². The molecular formula is C29H43F3N6O2. The molecule has 0 saturated heterocycles. The molecule has 1 amide bonds. The minimum atomic E-state index is -4.36. The summed E-state index contributed by atoms with van der Waals surface area (Å²) in [5.41, 5.74) is 2.90. The van der Waals surface area contributed by atoms with Crippen LogP contribution in [0.3, 0.4) is 0 Å². The van der Waals surface area contributed by atoms with Crippen LogP contribution in [0.25, 0.3) is 5.82 Å². The fourth-order valence-electron chi connectivity index (χ4n) is 3.65. The number of carbonyl (C=O) groups excluding carboxylic acids is 1. The lowest BCUT2D eigenvalue weighted by Gasteiger charge is -2.15. The molecule has 3 heterocycles. The molecule has 0 fully saturated rings. The molecule has 222 valence electrons. The van der Waals surface area contributed by atoms with Crippen molar-refractivity contribution in [1.82, 2.24) is 25.1 Å². The molecule has 0 spiro atoms. The summed E-state index contributed by atoms with van der Waals surface area (Å²) in [6.07, 6.45) is 3.80. The first-order valence-corrected chi connectivity index (χ1v) is 13.7. The number of nitrogens with zero attached hydrogens (tertiary/aromatic N) is 4. The molecule has 11 heteroatoms. The summed E-state index contributed by atoms with van der Waals surface area (Å²) < 4.78 is 43.8. The third kappa shape index (κ3) is 11.8. The van der Waals surface area contributed by atoms with Crippen LogP contribution in [0.4, 0.5) is 18.9 Å². The van der Waals surface area contributed by atoms with E-state index in [0.29, 0.717) is 18.1 Å². The van der Waals surface area contributed by atoms with Crippen molar-refractivity contribution in [1.29, 1.82) is 0 Å². The molecule has 0 aliphatic carbocycles. The maximum absolute atomic E-state index is 12.3. The molecule has 1 atom stereocenters. The highest BCUT2D eigenvalue weighted by Gasteiger charge is 2.30. The van der Waals surface area contributed by atoms with Crippen molar-refractivity contribution in [2.24, 2.45) is 0 Å². The molecule has 40 heavy (non-hydrogen) atoms. The van der Waals surface area contributed by atoms with Crippen LogP contribution < -0.4 is 10.6 Å². The number of hydrogen-bond acceptors (Lipinski definition) is 6. The van der Waals surface area contributed by atoms with Crippen molar-refractivity contribution in [2.75, 3.05) is 31.6 Å². The first-order chi connectivity index (χ1) is 19.2. The molecule has 0 radical (unpaired) electrons. The standard InChI is InChI=1S/C16H27N3O2.C11H10F3N3.C2H6/c1-3-14(6-5-9-17-10-11-21-4-2)16-8-7-15(12-18-16)19-13-20;1-7-5-16-17(8(7)2)10-4-3-9(6-15-10)11(12,13)14;1-2/h7-8,12-14,17H,3-6,9-11H2,1-2H3,(H,19,20);3-6H,1-2H3;1-2H3/t14-;;/m0../s1. The smallest absolute Gasteiger partial charge is 0.380 e. The lowest BCUT2D eigenvalue weighted by molar-refractivity contribution is -0.137. The van der Waals surface area contributed by atoms with Gasteiger partial charge in [0.25, 0.3) is 0 Å². The van der Waals surface area contributed by atoms with Crippen molar-refractivity contribution in [2.45, 2.75) is 72.9 Å². The summed E-state index contributed by atoms with van der Waals surface area (Å²) in [6, 6.07) is 6.21. The number of rotatable bonds is 13. The van der Waals surface area contributed by atoms with Crippen LogP contribution in [0.1, 0.15) is 75.4 Å². The number of carbonyl (C=O) groups is 1. The van der Waals surface area contributed by atoms with E-state index < -0.39 is 11.7 Å². The molecule has 2 N–H and O–H groups in total. The van der Waals surface area contributed by atoms with Gasteiger partial charge in [-0.25, -0.2) is 9.67 Å². The molecule has 0 aromatic carbocycles. The fraction of sp³-hybridized carbons (Fsp3) is 0.517. The van der Waals surface area contributed by atoms with E-state index in [-0.39, 0.29) is 0 Å². The minimum Gasteiger partial charge on any atom is -0.380 e. The van der Waals surface area contributed by atoms with Crippen molar-refractivity contribution in [3.63, 3.8) is 0 Å². The molecule has 3 aromatic rings. The van der Waals surface area contributed by atoms with Crippen LogP contribution in [-0.4, -0.2) is 52.5 Å². The Morgan fingerprint density at radius 2 is 1.77 bits per heavy atom. The zero-order chi connectivity index (χ0) is 30.0. The van der Waals surface area contributed by atoms with Crippen LogP contribution in [-0.2, 0) is 15.7 Å². The van der Waals surface area contributed by atoms with E-state index in [1.807, 2.05) is 46.8 Å². The molecule has 0 bridgehead atoms. The highest BCUT2D eigenvalue weighted by atomic mass is 19.4. The fourth-order valence-corrected chi connectivity index (χ4v) is 3.65. The average Bonchev–Trinajstić information content (AvgIpc) is 3.30. The van der Waals surface area contributed by atoms with Crippen molar-refractivity contribution < 1.29 is 22.7 Å². The van der Waals surface area contributed by atoms with Crippen molar-refractivity contribution in [3.8, 4) is 5.82 Å². The zero-order valence-corrected chi connectivity index (χ0v) is 24.4. The second-order valence-electron chi connectivity index (χ2n) is 8.66. The maximum atomic E-state index is 12.3. The zero-order valence-electron chi connectivity index (χ0n) is 24.4. The number of halogens is 3. The lowest BCUT2D eigenvalue weighted by atomic mass is 9.96. The Balaban J connectivity index is 0.000000383. The van der Waals surface area contributed by atoms with Gasteiger partial charge in [-0.1, -0.05) is 20.8 Å². The van der Waals surface area contributed by atoms with Gasteiger partial charge in [-0.15, -0.1) is 0 Å². The Hall–Kier alpha value is -3.31. The van der Waals surface area contributed by atoms with Gasteiger partial charge in [-0.05, 0) is 76.4 Å². The van der Waals surface area contributed by atoms with E-state index in [0.717, 1.165) is 80.5 Å². The Labute approximate surface area is 235 Å². The number of ether oxygens (including phenoxy) is 1. The van der Waals surface area contributed by atoms with E-state index in [9.17, 15) is 18.0 Å². The second-order valence-corrected chi connectivity index (χ2v) is 8.66. The first kappa shape index (κ1) is 34.7. The summed E-state index contributed by atoms with van der Waals surface area (Å²) in [7, 11) is 0. The Morgan fingerprint density at radius 3 is 2.27 bits per heavy atom. The van der Waals surface area contributed by atoms with Crippen LogP contribution >= 0.6 is 0 Å². The summed E-state index contributed by atoms with van der Waals surface area (Å²) in [6.45, 7) is 15.4. The normalized spacial score (nSPS) is 11.5. The largest absolute Gasteiger partial charge is 0.417 e. The Bertz CT molecular complexity index is 1090. The van der Waals surface area contributed by atoms with E-state index in [1.165, 1.54) is 10.7 Å². The quantitative estimate of drug-likeness (QED) is 0.182. The van der Waals surface area contributed by atoms with Crippen LogP contribution in [0, 0.1) is 13.8 Å². The number of anilines is 1. The van der Waals surface area contributed by atoms with Gasteiger partial charge in [-0.2, -0.15) is 18.3 Å². The SMILES string of the molecule is CC.CCOCCNCCC[C@H](CC)c1ccc(NC=O)cn1.Cc1cnn(-c2ccc(C(F)(F)F)cn2)c1C. The number of aryl methyl sites for hydroxylation is 1. The summed E-state index contributed by atoms with van der Waals surface area (Å²) in [5, 5.41) is 10.0. The van der Waals surface area contributed by atoms with Gasteiger partial charge >= 0.3 is 6.18 Å².